The molecule has 1 aromatic carbocycles. The van der Waals surface area contributed by atoms with Gasteiger partial charge in [0.2, 0.25) is 0 Å². The summed E-state index contributed by atoms with van der Waals surface area (Å²) in [4.78, 5) is 2.63. The molecule has 118 valence electrons. The number of para-hydroxylation sites is 1. The molecule has 1 heterocycles. The van der Waals surface area contributed by atoms with Crippen LogP contribution >= 0.6 is 0 Å². The van der Waals surface area contributed by atoms with Crippen molar-refractivity contribution in [3.05, 3.63) is 29.8 Å². The zero-order chi connectivity index (χ0) is 15.4. The highest BCUT2D eigenvalue weighted by atomic mass is 15.2. The number of anilines is 1. The van der Waals surface area contributed by atoms with E-state index in [4.69, 9.17) is 0 Å². The van der Waals surface area contributed by atoms with E-state index in [2.05, 4.69) is 69.1 Å². The number of nitrogens with zero attached hydrogens (tertiary/aromatic N) is 1. The Balaban J connectivity index is 2.16. The van der Waals surface area contributed by atoms with Crippen LogP contribution in [0.5, 0.6) is 0 Å². The minimum atomic E-state index is 0.583. The highest BCUT2D eigenvalue weighted by molar-refractivity contribution is 5.56. The van der Waals surface area contributed by atoms with Crippen molar-refractivity contribution >= 4 is 5.69 Å². The van der Waals surface area contributed by atoms with Gasteiger partial charge in [-0.25, -0.2) is 0 Å². The summed E-state index contributed by atoms with van der Waals surface area (Å²) in [5.41, 5.74) is 2.93. The quantitative estimate of drug-likeness (QED) is 0.863. The van der Waals surface area contributed by atoms with Gasteiger partial charge in [0.15, 0.2) is 0 Å². The van der Waals surface area contributed by atoms with E-state index >= 15 is 0 Å². The fourth-order valence-corrected chi connectivity index (χ4v) is 3.56. The first-order valence-electron chi connectivity index (χ1n) is 8.65. The van der Waals surface area contributed by atoms with Gasteiger partial charge < -0.3 is 10.2 Å². The fraction of sp³-hybridized carbons (Fsp3) is 0.684. The van der Waals surface area contributed by atoms with Crippen LogP contribution < -0.4 is 10.2 Å². The van der Waals surface area contributed by atoms with Gasteiger partial charge in [-0.2, -0.15) is 0 Å². The molecule has 0 amide bonds. The molecule has 0 radical (unpaired) electrons. The molecule has 1 saturated heterocycles. The molecule has 21 heavy (non-hydrogen) atoms. The van der Waals surface area contributed by atoms with Crippen molar-refractivity contribution in [1.82, 2.24) is 5.32 Å². The van der Waals surface area contributed by atoms with Crippen molar-refractivity contribution in [3.8, 4) is 0 Å². The summed E-state index contributed by atoms with van der Waals surface area (Å²) in [6, 6.07) is 10.2. The summed E-state index contributed by atoms with van der Waals surface area (Å²) in [6.07, 6.45) is 2.47. The third kappa shape index (κ3) is 3.60. The number of hydrogen-bond donors (Lipinski definition) is 1. The molecule has 2 nitrogen and oxygen atoms in total. The third-order valence-electron chi connectivity index (χ3n) is 5.09. The number of nitrogens with one attached hydrogen (secondary N) is 1. The maximum atomic E-state index is 3.73. The molecule has 1 aliphatic rings. The summed E-state index contributed by atoms with van der Waals surface area (Å²) >= 11 is 0. The monoisotopic (exact) mass is 288 g/mol. The molecule has 0 saturated carbocycles. The largest absolute Gasteiger partial charge is 0.368 e. The summed E-state index contributed by atoms with van der Waals surface area (Å²) in [5, 5.41) is 3.73. The van der Waals surface area contributed by atoms with Crippen molar-refractivity contribution in [2.75, 3.05) is 18.0 Å². The van der Waals surface area contributed by atoms with Gasteiger partial charge in [0, 0.05) is 24.3 Å². The highest BCUT2D eigenvalue weighted by Crippen LogP contribution is 2.34. The number of benzene rings is 1. The highest BCUT2D eigenvalue weighted by Gasteiger charge is 2.32. The van der Waals surface area contributed by atoms with Crippen LogP contribution in [0.15, 0.2) is 24.3 Å². The van der Waals surface area contributed by atoms with Crippen molar-refractivity contribution in [1.29, 1.82) is 0 Å². The zero-order valence-electron chi connectivity index (χ0n) is 14.4. The lowest BCUT2D eigenvalue weighted by atomic mass is 9.85. The topological polar surface area (TPSA) is 15.3 Å². The molecule has 2 rings (SSSR count). The van der Waals surface area contributed by atoms with E-state index in [0.717, 1.165) is 13.1 Å². The predicted octanol–water partition coefficient (Wildman–Crippen LogP) is 4.41. The van der Waals surface area contributed by atoms with E-state index in [1.807, 2.05) is 0 Å². The summed E-state index contributed by atoms with van der Waals surface area (Å²) in [7, 11) is 0. The van der Waals surface area contributed by atoms with Crippen molar-refractivity contribution in [2.24, 2.45) is 5.92 Å². The second-order valence-electron chi connectivity index (χ2n) is 6.86. The molecular weight excluding hydrogens is 256 g/mol. The van der Waals surface area contributed by atoms with E-state index in [-0.39, 0.29) is 0 Å². The van der Waals surface area contributed by atoms with Crippen LogP contribution in [0.1, 0.15) is 58.9 Å². The average molecular weight is 288 g/mol. The standard InChI is InChI=1S/C19H32N2/c1-6-12-20-18-11-13-21(16(5)15(18)4)19-10-8-7-9-17(19)14(2)3/h7-10,14-16,18,20H,6,11-13H2,1-5H3. The molecule has 2 heteroatoms. The second kappa shape index (κ2) is 7.31. The Labute approximate surface area is 130 Å². The summed E-state index contributed by atoms with van der Waals surface area (Å²) < 4.78 is 0. The molecule has 3 atom stereocenters. The Morgan fingerprint density at radius 2 is 1.95 bits per heavy atom. The van der Waals surface area contributed by atoms with Crippen LogP contribution in [0.25, 0.3) is 0 Å². The Hall–Kier alpha value is -1.02. The van der Waals surface area contributed by atoms with Crippen LogP contribution in [0.3, 0.4) is 0 Å². The van der Waals surface area contributed by atoms with Gasteiger partial charge >= 0.3 is 0 Å². The van der Waals surface area contributed by atoms with Gasteiger partial charge in [-0.1, -0.05) is 45.9 Å². The smallest absolute Gasteiger partial charge is 0.0403 e. The Morgan fingerprint density at radius 3 is 2.62 bits per heavy atom. The van der Waals surface area contributed by atoms with Crippen LogP contribution in [-0.2, 0) is 0 Å². The molecule has 1 fully saturated rings. The first kappa shape index (κ1) is 16.4. The van der Waals surface area contributed by atoms with Crippen molar-refractivity contribution in [2.45, 2.75) is 65.5 Å². The number of rotatable bonds is 5. The lowest BCUT2D eigenvalue weighted by molar-refractivity contribution is 0.271. The fourth-order valence-electron chi connectivity index (χ4n) is 3.56. The van der Waals surface area contributed by atoms with Gasteiger partial charge in [0.05, 0.1) is 0 Å². The van der Waals surface area contributed by atoms with Crippen LogP contribution in [-0.4, -0.2) is 25.2 Å². The van der Waals surface area contributed by atoms with Crippen LogP contribution in [0.2, 0.25) is 0 Å². The van der Waals surface area contributed by atoms with E-state index in [9.17, 15) is 0 Å². The molecule has 0 spiro atoms. The lowest BCUT2D eigenvalue weighted by Crippen LogP contribution is -2.53. The van der Waals surface area contributed by atoms with E-state index in [0.29, 0.717) is 23.9 Å². The van der Waals surface area contributed by atoms with E-state index in [1.165, 1.54) is 24.1 Å². The maximum Gasteiger partial charge on any atom is 0.0403 e. The number of hydrogen-bond acceptors (Lipinski definition) is 2. The van der Waals surface area contributed by atoms with Crippen LogP contribution in [0.4, 0.5) is 5.69 Å². The molecule has 0 bridgehead atoms. The SMILES string of the molecule is CCCNC1CCN(c2ccccc2C(C)C)C(C)C1C. The van der Waals surface area contributed by atoms with E-state index < -0.39 is 0 Å². The lowest BCUT2D eigenvalue weighted by Gasteiger charge is -2.45. The molecule has 3 unspecified atom stereocenters. The molecular formula is C19H32N2. The minimum absolute atomic E-state index is 0.583. The predicted molar refractivity (Wildman–Crippen MR) is 93.2 cm³/mol. The molecule has 1 N–H and O–H groups in total. The molecule has 0 aromatic heterocycles. The Bertz CT molecular complexity index is 441. The van der Waals surface area contributed by atoms with Gasteiger partial charge in [0.25, 0.3) is 0 Å². The summed E-state index contributed by atoms with van der Waals surface area (Å²) in [5.74, 6) is 1.27. The van der Waals surface area contributed by atoms with Crippen molar-refractivity contribution < 1.29 is 0 Å². The second-order valence-corrected chi connectivity index (χ2v) is 6.86. The average Bonchev–Trinajstić information content (AvgIpc) is 2.49. The molecule has 0 aliphatic carbocycles. The third-order valence-corrected chi connectivity index (χ3v) is 5.09. The van der Waals surface area contributed by atoms with Crippen molar-refractivity contribution in [3.63, 3.8) is 0 Å². The normalized spacial score (nSPS) is 26.4. The Kier molecular flexibility index (Phi) is 5.69. The molecule has 1 aromatic rings. The van der Waals surface area contributed by atoms with Gasteiger partial charge in [0.1, 0.15) is 0 Å². The van der Waals surface area contributed by atoms with E-state index in [1.54, 1.807) is 0 Å². The van der Waals surface area contributed by atoms with Gasteiger partial charge in [-0.3, -0.25) is 0 Å². The van der Waals surface area contributed by atoms with Gasteiger partial charge in [-0.15, -0.1) is 0 Å². The first-order valence-corrected chi connectivity index (χ1v) is 8.65. The molecule has 1 aliphatic heterocycles. The van der Waals surface area contributed by atoms with Crippen LogP contribution in [0, 0.1) is 5.92 Å². The Morgan fingerprint density at radius 1 is 1.24 bits per heavy atom. The maximum absolute atomic E-state index is 3.73. The summed E-state index contributed by atoms with van der Waals surface area (Å²) in [6.45, 7) is 13.9. The zero-order valence-corrected chi connectivity index (χ0v) is 14.4. The van der Waals surface area contributed by atoms with Gasteiger partial charge in [-0.05, 0) is 49.8 Å². The number of piperidine rings is 1. The minimum Gasteiger partial charge on any atom is -0.368 e. The first-order chi connectivity index (χ1) is 10.1.